The summed E-state index contributed by atoms with van der Waals surface area (Å²) >= 11 is 0. The fraction of sp³-hybridized carbons (Fsp3) is 0.333. The minimum Gasteiger partial charge on any atom is -0.481 e. The number of carbonyl (C=O) groups is 2. The van der Waals surface area contributed by atoms with Crippen molar-refractivity contribution in [2.75, 3.05) is 0 Å². The molecule has 0 spiro atoms. The molecule has 88 valence electrons. The van der Waals surface area contributed by atoms with Gasteiger partial charge in [-0.25, -0.2) is 4.79 Å². The zero-order chi connectivity index (χ0) is 12.4. The molecular formula is C12H16O4. The van der Waals surface area contributed by atoms with Crippen LogP contribution in [0.4, 0.5) is 0 Å². The SMILES string of the molecule is CC\C=C/C=C\C(=C\C(=O)O)CCC(=O)O. The second-order valence-corrected chi connectivity index (χ2v) is 3.15. The van der Waals surface area contributed by atoms with E-state index in [1.807, 2.05) is 13.0 Å². The molecule has 0 fully saturated rings. The molecule has 0 aliphatic heterocycles. The highest BCUT2D eigenvalue weighted by Gasteiger charge is 2.01. The molecule has 0 amide bonds. The molecule has 0 aromatic rings. The molecule has 0 heterocycles. The maximum absolute atomic E-state index is 10.5. The lowest BCUT2D eigenvalue weighted by Gasteiger charge is -1.97. The maximum atomic E-state index is 10.5. The van der Waals surface area contributed by atoms with Crippen molar-refractivity contribution in [2.24, 2.45) is 0 Å². The Kier molecular flexibility index (Phi) is 7.49. The number of carboxylic acids is 2. The first-order valence-electron chi connectivity index (χ1n) is 5.04. The summed E-state index contributed by atoms with van der Waals surface area (Å²) < 4.78 is 0. The van der Waals surface area contributed by atoms with Crippen LogP contribution in [0, 0.1) is 0 Å². The van der Waals surface area contributed by atoms with E-state index in [0.717, 1.165) is 12.5 Å². The van der Waals surface area contributed by atoms with Gasteiger partial charge >= 0.3 is 11.9 Å². The lowest BCUT2D eigenvalue weighted by molar-refractivity contribution is -0.137. The Hall–Kier alpha value is -1.84. The first-order chi connectivity index (χ1) is 7.56. The van der Waals surface area contributed by atoms with Gasteiger partial charge in [0.1, 0.15) is 0 Å². The lowest BCUT2D eigenvalue weighted by Crippen LogP contribution is -1.97. The van der Waals surface area contributed by atoms with Gasteiger partial charge in [0.2, 0.25) is 0 Å². The largest absolute Gasteiger partial charge is 0.481 e. The molecular weight excluding hydrogens is 208 g/mol. The predicted octanol–water partition coefficient (Wildman–Crippen LogP) is 2.38. The van der Waals surface area contributed by atoms with Crippen molar-refractivity contribution in [3.63, 3.8) is 0 Å². The number of hydrogen-bond donors (Lipinski definition) is 2. The quantitative estimate of drug-likeness (QED) is 0.514. The average Bonchev–Trinajstić information content (AvgIpc) is 2.19. The summed E-state index contributed by atoms with van der Waals surface area (Å²) in [5.41, 5.74) is 0.496. The third kappa shape index (κ3) is 8.74. The molecule has 0 aliphatic carbocycles. The Morgan fingerprint density at radius 3 is 2.31 bits per heavy atom. The molecule has 0 rings (SSSR count). The van der Waals surface area contributed by atoms with E-state index in [1.165, 1.54) is 0 Å². The molecule has 0 atom stereocenters. The minimum atomic E-state index is -1.07. The standard InChI is InChI=1S/C12H16O4/c1-2-3-4-5-6-10(9-12(15)16)7-8-11(13)14/h3-6,9H,2,7-8H2,1H3,(H,13,14)(H,15,16)/b4-3-,6-5-,10-9-. The third-order valence-corrected chi connectivity index (χ3v) is 1.73. The van der Waals surface area contributed by atoms with Gasteiger partial charge in [-0.2, -0.15) is 0 Å². The summed E-state index contributed by atoms with van der Waals surface area (Å²) in [7, 11) is 0. The zero-order valence-electron chi connectivity index (χ0n) is 9.22. The van der Waals surface area contributed by atoms with Crippen LogP contribution in [-0.4, -0.2) is 22.2 Å². The summed E-state index contributed by atoms with van der Waals surface area (Å²) in [6.45, 7) is 1.99. The van der Waals surface area contributed by atoms with E-state index in [9.17, 15) is 9.59 Å². The molecule has 0 saturated heterocycles. The average molecular weight is 224 g/mol. The highest BCUT2D eigenvalue weighted by molar-refractivity contribution is 5.81. The van der Waals surface area contributed by atoms with Crippen molar-refractivity contribution in [1.82, 2.24) is 0 Å². The summed E-state index contributed by atoms with van der Waals surface area (Å²) in [6.07, 6.45) is 9.13. The van der Waals surface area contributed by atoms with Crippen molar-refractivity contribution in [3.8, 4) is 0 Å². The van der Waals surface area contributed by atoms with Crippen LogP contribution in [0.3, 0.4) is 0 Å². The van der Waals surface area contributed by atoms with E-state index in [-0.39, 0.29) is 12.8 Å². The van der Waals surface area contributed by atoms with E-state index in [0.29, 0.717) is 5.57 Å². The fourth-order valence-electron chi connectivity index (χ4n) is 1.01. The Labute approximate surface area is 94.6 Å². The van der Waals surface area contributed by atoms with Crippen LogP contribution in [-0.2, 0) is 9.59 Å². The smallest absolute Gasteiger partial charge is 0.328 e. The van der Waals surface area contributed by atoms with Gasteiger partial charge in [-0.15, -0.1) is 0 Å². The summed E-state index contributed by atoms with van der Waals surface area (Å²) in [6, 6.07) is 0. The van der Waals surface area contributed by atoms with Crippen molar-refractivity contribution < 1.29 is 19.8 Å². The molecule has 0 radical (unpaired) electrons. The molecule has 0 unspecified atom stereocenters. The molecule has 2 N–H and O–H groups in total. The Morgan fingerprint density at radius 1 is 1.12 bits per heavy atom. The number of carboxylic acid groups (broad SMARTS) is 2. The van der Waals surface area contributed by atoms with Gasteiger partial charge in [-0.1, -0.05) is 31.2 Å². The van der Waals surface area contributed by atoms with Gasteiger partial charge < -0.3 is 10.2 Å². The van der Waals surface area contributed by atoms with Gasteiger partial charge in [0.25, 0.3) is 0 Å². The summed E-state index contributed by atoms with van der Waals surface area (Å²) in [4.78, 5) is 20.8. The summed E-state index contributed by atoms with van der Waals surface area (Å²) in [5.74, 6) is -2.00. The van der Waals surface area contributed by atoms with E-state index < -0.39 is 11.9 Å². The first-order valence-corrected chi connectivity index (χ1v) is 5.04. The van der Waals surface area contributed by atoms with Gasteiger partial charge in [0.15, 0.2) is 0 Å². The molecule has 4 nitrogen and oxygen atoms in total. The van der Waals surface area contributed by atoms with Crippen LogP contribution in [0.25, 0.3) is 0 Å². The van der Waals surface area contributed by atoms with Gasteiger partial charge in [0.05, 0.1) is 0 Å². The Balaban J connectivity index is 4.43. The van der Waals surface area contributed by atoms with Gasteiger partial charge in [-0.05, 0) is 18.4 Å². The maximum Gasteiger partial charge on any atom is 0.328 e. The fourth-order valence-corrected chi connectivity index (χ4v) is 1.01. The van der Waals surface area contributed by atoms with E-state index >= 15 is 0 Å². The highest BCUT2D eigenvalue weighted by Crippen LogP contribution is 2.07. The summed E-state index contributed by atoms with van der Waals surface area (Å²) in [5, 5.41) is 17.1. The number of allylic oxidation sites excluding steroid dienone is 5. The second kappa shape index (κ2) is 8.47. The van der Waals surface area contributed by atoms with Crippen LogP contribution in [0.2, 0.25) is 0 Å². The molecule has 0 aromatic heterocycles. The second-order valence-electron chi connectivity index (χ2n) is 3.15. The first kappa shape index (κ1) is 14.2. The molecule has 0 bridgehead atoms. The molecule has 4 heteroatoms. The minimum absolute atomic E-state index is 0.0685. The van der Waals surface area contributed by atoms with Crippen molar-refractivity contribution >= 4 is 11.9 Å². The molecule has 0 saturated carbocycles. The van der Waals surface area contributed by atoms with E-state index in [4.69, 9.17) is 10.2 Å². The van der Waals surface area contributed by atoms with Crippen molar-refractivity contribution in [1.29, 1.82) is 0 Å². The van der Waals surface area contributed by atoms with Crippen molar-refractivity contribution in [2.45, 2.75) is 26.2 Å². The van der Waals surface area contributed by atoms with E-state index in [1.54, 1.807) is 18.2 Å². The predicted molar refractivity (Wildman–Crippen MR) is 61.2 cm³/mol. The number of aliphatic carboxylic acids is 2. The van der Waals surface area contributed by atoms with Crippen LogP contribution >= 0.6 is 0 Å². The molecule has 0 aromatic carbocycles. The Bertz CT molecular complexity index is 324. The highest BCUT2D eigenvalue weighted by atomic mass is 16.4. The van der Waals surface area contributed by atoms with Crippen LogP contribution in [0.15, 0.2) is 36.0 Å². The molecule has 16 heavy (non-hydrogen) atoms. The van der Waals surface area contributed by atoms with Gasteiger partial charge in [0, 0.05) is 12.5 Å². The van der Waals surface area contributed by atoms with Crippen molar-refractivity contribution in [3.05, 3.63) is 36.0 Å². The monoisotopic (exact) mass is 224 g/mol. The number of rotatable bonds is 7. The normalized spacial score (nSPS) is 12.4. The van der Waals surface area contributed by atoms with Gasteiger partial charge in [-0.3, -0.25) is 4.79 Å². The van der Waals surface area contributed by atoms with Crippen LogP contribution in [0.1, 0.15) is 26.2 Å². The molecule has 0 aliphatic rings. The topological polar surface area (TPSA) is 74.6 Å². The van der Waals surface area contributed by atoms with Crippen LogP contribution < -0.4 is 0 Å². The van der Waals surface area contributed by atoms with E-state index in [2.05, 4.69) is 0 Å². The van der Waals surface area contributed by atoms with Crippen LogP contribution in [0.5, 0.6) is 0 Å². The Morgan fingerprint density at radius 2 is 1.81 bits per heavy atom. The third-order valence-electron chi connectivity index (χ3n) is 1.73. The number of hydrogen-bond acceptors (Lipinski definition) is 2. The lowest BCUT2D eigenvalue weighted by atomic mass is 10.1. The zero-order valence-corrected chi connectivity index (χ0v) is 9.22.